The van der Waals surface area contributed by atoms with Gasteiger partial charge in [-0.1, -0.05) is 0 Å². The monoisotopic (exact) mass is 385 g/mol. The number of phenols is 1. The summed E-state index contributed by atoms with van der Waals surface area (Å²) < 4.78 is 22.2. The fraction of sp³-hybridized carbons (Fsp3) is 0.455. The number of methoxy groups -OCH3 is 4. The summed E-state index contributed by atoms with van der Waals surface area (Å²) in [4.78, 5) is 2.48. The average Bonchev–Trinajstić information content (AvgIpc) is 2.71. The summed E-state index contributed by atoms with van der Waals surface area (Å²) in [6, 6.07) is 6.43. The maximum absolute atomic E-state index is 10.4. The van der Waals surface area contributed by atoms with Gasteiger partial charge in [0, 0.05) is 24.2 Å². The van der Waals surface area contributed by atoms with Crippen LogP contribution in [0.5, 0.6) is 28.7 Å². The smallest absolute Gasteiger partial charge is 0.203 e. The van der Waals surface area contributed by atoms with E-state index in [1.54, 1.807) is 28.4 Å². The van der Waals surface area contributed by atoms with Crippen LogP contribution in [0.25, 0.3) is 0 Å². The molecule has 2 aromatic carbocycles. The van der Waals surface area contributed by atoms with Crippen molar-refractivity contribution < 1.29 is 24.1 Å². The molecular weight excluding hydrogens is 358 g/mol. The standard InChI is InChI=1S/C22H27NO5/c1-12-6-13-8-19(25-2)18(24)10-15(13)17-7-14-9-20(26-3)22(28-5)21(27-4)16(14)11-23(12)17/h8-10,12,17,24H,6-7,11H2,1-5H3/t12-,17?/m1/s1. The zero-order chi connectivity index (χ0) is 20.0. The Morgan fingerprint density at radius 2 is 1.54 bits per heavy atom. The summed E-state index contributed by atoms with van der Waals surface area (Å²) in [6.07, 6.45) is 1.72. The van der Waals surface area contributed by atoms with E-state index in [9.17, 15) is 5.11 Å². The lowest BCUT2D eigenvalue weighted by molar-refractivity contribution is 0.103. The highest BCUT2D eigenvalue weighted by atomic mass is 16.5. The molecule has 2 atom stereocenters. The number of hydrogen-bond donors (Lipinski definition) is 1. The van der Waals surface area contributed by atoms with Gasteiger partial charge in [0.1, 0.15) is 0 Å². The molecule has 0 saturated heterocycles. The number of nitrogens with zero attached hydrogens (tertiary/aromatic N) is 1. The lowest BCUT2D eigenvalue weighted by atomic mass is 9.81. The van der Waals surface area contributed by atoms with Gasteiger partial charge in [-0.3, -0.25) is 4.90 Å². The Morgan fingerprint density at radius 1 is 0.857 bits per heavy atom. The number of aromatic hydroxyl groups is 1. The van der Waals surface area contributed by atoms with Gasteiger partial charge in [0.2, 0.25) is 5.75 Å². The fourth-order valence-electron chi connectivity index (χ4n) is 4.70. The average molecular weight is 385 g/mol. The second-order valence-corrected chi connectivity index (χ2v) is 7.45. The summed E-state index contributed by atoms with van der Waals surface area (Å²) in [5, 5.41) is 10.4. The number of benzene rings is 2. The molecule has 0 fully saturated rings. The van der Waals surface area contributed by atoms with Crippen LogP contribution in [-0.4, -0.2) is 44.5 Å². The van der Waals surface area contributed by atoms with E-state index in [1.807, 2.05) is 12.1 Å². The third-order valence-electron chi connectivity index (χ3n) is 6.06. The van der Waals surface area contributed by atoms with Crippen molar-refractivity contribution in [1.82, 2.24) is 4.90 Å². The van der Waals surface area contributed by atoms with Crippen LogP contribution < -0.4 is 18.9 Å². The van der Waals surface area contributed by atoms with Crippen LogP contribution in [0.3, 0.4) is 0 Å². The van der Waals surface area contributed by atoms with Gasteiger partial charge in [0.15, 0.2) is 23.0 Å². The molecular formula is C22H27NO5. The zero-order valence-electron chi connectivity index (χ0n) is 17.0. The molecule has 2 heterocycles. The molecule has 0 aliphatic carbocycles. The van der Waals surface area contributed by atoms with E-state index in [-0.39, 0.29) is 11.8 Å². The molecule has 2 aliphatic rings. The molecule has 1 unspecified atom stereocenters. The van der Waals surface area contributed by atoms with Crippen molar-refractivity contribution in [3.63, 3.8) is 0 Å². The Labute approximate surface area is 165 Å². The first kappa shape index (κ1) is 18.7. The first-order valence-corrected chi connectivity index (χ1v) is 9.48. The highest BCUT2D eigenvalue weighted by molar-refractivity contribution is 5.60. The van der Waals surface area contributed by atoms with Crippen LogP contribution in [-0.2, 0) is 19.4 Å². The first-order chi connectivity index (χ1) is 13.5. The van der Waals surface area contributed by atoms with Crippen LogP contribution in [0.15, 0.2) is 18.2 Å². The molecule has 0 saturated carbocycles. The number of phenolic OH excluding ortho intramolecular Hbond substituents is 1. The minimum absolute atomic E-state index is 0.186. The van der Waals surface area contributed by atoms with Crippen LogP contribution in [0.1, 0.15) is 35.2 Å². The highest BCUT2D eigenvalue weighted by Crippen LogP contribution is 2.49. The molecule has 6 heteroatoms. The lowest BCUT2D eigenvalue weighted by Crippen LogP contribution is -2.45. The molecule has 1 N–H and O–H groups in total. The Morgan fingerprint density at radius 3 is 2.18 bits per heavy atom. The SMILES string of the molecule is COc1cc2c(cc1O)C1Cc3cc(OC)c(OC)c(OC)c3CN1[C@H](C)C2. The summed E-state index contributed by atoms with van der Waals surface area (Å²) in [7, 11) is 6.53. The van der Waals surface area contributed by atoms with E-state index in [0.717, 1.165) is 36.3 Å². The fourth-order valence-corrected chi connectivity index (χ4v) is 4.70. The number of fused-ring (bicyclic) bond motifs is 4. The van der Waals surface area contributed by atoms with Gasteiger partial charge in [-0.15, -0.1) is 0 Å². The Kier molecular flexibility index (Phi) is 4.75. The third-order valence-corrected chi connectivity index (χ3v) is 6.06. The molecule has 0 radical (unpaired) electrons. The summed E-state index contributed by atoms with van der Waals surface area (Å²) in [6.45, 7) is 3.00. The van der Waals surface area contributed by atoms with Crippen molar-refractivity contribution in [1.29, 1.82) is 0 Å². The van der Waals surface area contributed by atoms with Gasteiger partial charge in [-0.25, -0.2) is 0 Å². The van der Waals surface area contributed by atoms with Crippen LogP contribution in [0.2, 0.25) is 0 Å². The molecule has 2 aromatic rings. The molecule has 0 spiro atoms. The van der Waals surface area contributed by atoms with Crippen LogP contribution in [0.4, 0.5) is 0 Å². The Hall–Kier alpha value is -2.60. The van der Waals surface area contributed by atoms with Crippen molar-refractivity contribution >= 4 is 0 Å². The van der Waals surface area contributed by atoms with Crippen molar-refractivity contribution in [3.8, 4) is 28.7 Å². The quantitative estimate of drug-likeness (QED) is 0.870. The largest absolute Gasteiger partial charge is 0.504 e. The van der Waals surface area contributed by atoms with Crippen molar-refractivity contribution in [2.45, 2.75) is 38.4 Å². The number of hydrogen-bond acceptors (Lipinski definition) is 6. The molecule has 150 valence electrons. The maximum Gasteiger partial charge on any atom is 0.203 e. The molecule has 0 aromatic heterocycles. The van der Waals surface area contributed by atoms with Crippen LogP contribution in [0, 0.1) is 0 Å². The molecule has 6 nitrogen and oxygen atoms in total. The predicted octanol–water partition coefficient (Wildman–Crippen LogP) is 3.47. The third kappa shape index (κ3) is 2.75. The van der Waals surface area contributed by atoms with E-state index >= 15 is 0 Å². The number of ether oxygens (including phenoxy) is 4. The first-order valence-electron chi connectivity index (χ1n) is 9.48. The topological polar surface area (TPSA) is 60.4 Å². The van der Waals surface area contributed by atoms with Gasteiger partial charge >= 0.3 is 0 Å². The zero-order valence-corrected chi connectivity index (χ0v) is 17.0. The van der Waals surface area contributed by atoms with E-state index < -0.39 is 0 Å². The molecule has 0 bridgehead atoms. The van der Waals surface area contributed by atoms with Crippen molar-refractivity contribution in [3.05, 3.63) is 40.5 Å². The van der Waals surface area contributed by atoms with Gasteiger partial charge in [0.05, 0.1) is 28.4 Å². The molecule has 28 heavy (non-hydrogen) atoms. The second-order valence-electron chi connectivity index (χ2n) is 7.45. The minimum Gasteiger partial charge on any atom is -0.504 e. The van der Waals surface area contributed by atoms with Gasteiger partial charge < -0.3 is 24.1 Å². The maximum atomic E-state index is 10.4. The van der Waals surface area contributed by atoms with Gasteiger partial charge in [-0.05, 0) is 54.7 Å². The predicted molar refractivity (Wildman–Crippen MR) is 106 cm³/mol. The normalized spacial score (nSPS) is 20.6. The highest BCUT2D eigenvalue weighted by Gasteiger charge is 2.38. The second kappa shape index (κ2) is 7.09. The van der Waals surface area contributed by atoms with Gasteiger partial charge in [0.25, 0.3) is 0 Å². The van der Waals surface area contributed by atoms with Crippen molar-refractivity contribution in [2.24, 2.45) is 0 Å². The van der Waals surface area contributed by atoms with E-state index in [1.165, 1.54) is 11.1 Å². The van der Waals surface area contributed by atoms with Crippen LogP contribution >= 0.6 is 0 Å². The van der Waals surface area contributed by atoms with E-state index in [4.69, 9.17) is 18.9 Å². The Balaban J connectivity index is 1.84. The molecule has 4 rings (SSSR count). The molecule has 0 amide bonds. The Bertz CT molecular complexity index is 911. The van der Waals surface area contributed by atoms with Crippen molar-refractivity contribution in [2.75, 3.05) is 28.4 Å². The number of rotatable bonds is 4. The molecule has 2 aliphatic heterocycles. The lowest BCUT2D eigenvalue weighted by Gasteiger charge is -2.45. The van der Waals surface area contributed by atoms with E-state index in [2.05, 4.69) is 17.9 Å². The van der Waals surface area contributed by atoms with Gasteiger partial charge in [-0.2, -0.15) is 0 Å². The minimum atomic E-state index is 0.186. The van der Waals surface area contributed by atoms with E-state index in [0.29, 0.717) is 23.3 Å². The summed E-state index contributed by atoms with van der Waals surface area (Å²) in [5.41, 5.74) is 4.73. The summed E-state index contributed by atoms with van der Waals surface area (Å²) >= 11 is 0. The summed E-state index contributed by atoms with van der Waals surface area (Å²) in [5.74, 6) is 2.77.